The Bertz CT molecular complexity index is 4140. The molecule has 0 radical (unpaired) electrons. The van der Waals surface area contributed by atoms with Crippen molar-refractivity contribution in [3.8, 4) is 55.6 Å². The Balaban J connectivity index is 0.981. The molecule has 74 heavy (non-hydrogen) atoms. The fourth-order valence-electron chi connectivity index (χ4n) is 13.2. The molecule has 2 aliphatic rings. The van der Waals surface area contributed by atoms with Crippen LogP contribution in [0, 0.1) is 27.7 Å². The van der Waals surface area contributed by atoms with Crippen molar-refractivity contribution in [2.75, 3.05) is 0 Å². The molecule has 12 aromatic rings. The van der Waals surface area contributed by atoms with Crippen LogP contribution < -0.4 is 0 Å². The average molecular weight is 943 g/mol. The second-order valence-electron chi connectivity index (χ2n) is 21.1. The molecule has 0 heteroatoms. The Labute approximate surface area is 434 Å². The van der Waals surface area contributed by atoms with Gasteiger partial charge in [-0.25, -0.2) is 0 Å². The summed E-state index contributed by atoms with van der Waals surface area (Å²) < 4.78 is 0. The van der Waals surface area contributed by atoms with E-state index in [1.54, 1.807) is 0 Å². The van der Waals surface area contributed by atoms with Gasteiger partial charge in [0, 0.05) is 0 Å². The zero-order valence-electron chi connectivity index (χ0n) is 42.2. The molecule has 12 aromatic carbocycles. The van der Waals surface area contributed by atoms with Crippen LogP contribution in [0.5, 0.6) is 0 Å². The summed E-state index contributed by atoms with van der Waals surface area (Å²) >= 11 is 0. The van der Waals surface area contributed by atoms with E-state index in [0.29, 0.717) is 0 Å². The molecule has 0 amide bonds. The molecule has 0 saturated heterocycles. The average Bonchev–Trinajstić information content (AvgIpc) is 3.99. The van der Waals surface area contributed by atoms with Crippen LogP contribution in [0.25, 0.3) is 77.2 Å². The second-order valence-corrected chi connectivity index (χ2v) is 21.1. The fourth-order valence-corrected chi connectivity index (χ4v) is 13.2. The van der Waals surface area contributed by atoms with Gasteiger partial charge in [-0.2, -0.15) is 0 Å². The lowest BCUT2D eigenvalue weighted by Crippen LogP contribution is -2.28. The van der Waals surface area contributed by atoms with Crippen molar-refractivity contribution in [1.29, 1.82) is 0 Å². The van der Waals surface area contributed by atoms with E-state index in [9.17, 15) is 0 Å². The lowest BCUT2D eigenvalue weighted by molar-refractivity contribution is 0.767. The van der Waals surface area contributed by atoms with E-state index < -0.39 is 10.8 Å². The van der Waals surface area contributed by atoms with Crippen LogP contribution in [0.4, 0.5) is 0 Å². The summed E-state index contributed by atoms with van der Waals surface area (Å²) in [6.07, 6.45) is 0. The van der Waals surface area contributed by atoms with Gasteiger partial charge in [0.1, 0.15) is 0 Å². The largest absolute Gasteiger partial charge is 0.0714 e. The first-order valence-corrected chi connectivity index (χ1v) is 26.1. The van der Waals surface area contributed by atoms with E-state index in [4.69, 9.17) is 0 Å². The Morgan fingerprint density at radius 3 is 1.23 bits per heavy atom. The number of hydrogen-bond acceptors (Lipinski definition) is 0. The summed E-state index contributed by atoms with van der Waals surface area (Å²) in [6.45, 7) is 8.74. The van der Waals surface area contributed by atoms with Crippen molar-refractivity contribution in [2.45, 2.75) is 38.5 Å². The first-order valence-electron chi connectivity index (χ1n) is 26.1. The molecule has 0 N–H and O–H groups in total. The highest BCUT2D eigenvalue weighted by Gasteiger charge is 2.49. The molecule has 0 bridgehead atoms. The van der Waals surface area contributed by atoms with Gasteiger partial charge < -0.3 is 0 Å². The first-order chi connectivity index (χ1) is 36.3. The molecule has 1 unspecified atom stereocenters. The molecule has 0 heterocycles. The monoisotopic (exact) mass is 942 g/mol. The van der Waals surface area contributed by atoms with Gasteiger partial charge in [-0.1, -0.05) is 259 Å². The SMILES string of the molecule is Cc1ccc(C2(c3ccc(-c4cccc5c4-c4ccc(-c6ccc7ccccc7c6)cc4C5(c4ccc(C)cc4)c4ccc(C)cc4)cc3)c3ccccc3-c3c(-c4ccc5cc(C)ccc5c4)cccc32)cc1. The molecule has 350 valence electrons. The molecule has 0 nitrogen and oxygen atoms in total. The molecule has 0 saturated carbocycles. The van der Waals surface area contributed by atoms with Crippen molar-refractivity contribution in [1.82, 2.24) is 0 Å². The lowest BCUT2D eigenvalue weighted by Gasteiger charge is -2.34. The van der Waals surface area contributed by atoms with Crippen LogP contribution in [0.15, 0.2) is 255 Å². The molecule has 0 spiro atoms. The van der Waals surface area contributed by atoms with Crippen LogP contribution in [0.2, 0.25) is 0 Å². The van der Waals surface area contributed by atoms with Crippen molar-refractivity contribution >= 4 is 21.5 Å². The molecule has 1 atom stereocenters. The van der Waals surface area contributed by atoms with Crippen LogP contribution in [-0.4, -0.2) is 0 Å². The van der Waals surface area contributed by atoms with Crippen molar-refractivity contribution in [3.05, 3.63) is 322 Å². The summed E-state index contributed by atoms with van der Waals surface area (Å²) in [5.41, 5.74) is 26.7. The molecular weight excluding hydrogens is 889 g/mol. The van der Waals surface area contributed by atoms with Crippen LogP contribution in [0.1, 0.15) is 66.8 Å². The number of hydrogen-bond donors (Lipinski definition) is 0. The predicted octanol–water partition coefficient (Wildman–Crippen LogP) is 19.0. The highest BCUT2D eigenvalue weighted by Crippen LogP contribution is 2.61. The molecule has 14 rings (SSSR count). The first kappa shape index (κ1) is 43.9. The third-order valence-corrected chi connectivity index (χ3v) is 16.7. The fraction of sp³-hybridized carbons (Fsp3) is 0.0811. The Morgan fingerprint density at radius 1 is 0.216 bits per heavy atom. The summed E-state index contributed by atoms with van der Waals surface area (Å²) in [7, 11) is 0. The summed E-state index contributed by atoms with van der Waals surface area (Å²) in [4.78, 5) is 0. The van der Waals surface area contributed by atoms with Crippen molar-refractivity contribution in [2.24, 2.45) is 0 Å². The van der Waals surface area contributed by atoms with E-state index in [0.717, 1.165) is 0 Å². The van der Waals surface area contributed by atoms with Gasteiger partial charge >= 0.3 is 0 Å². The highest BCUT2D eigenvalue weighted by atomic mass is 14.5. The van der Waals surface area contributed by atoms with E-state index in [1.165, 1.54) is 144 Å². The molecule has 0 aliphatic heterocycles. The van der Waals surface area contributed by atoms with E-state index in [2.05, 4.69) is 282 Å². The van der Waals surface area contributed by atoms with E-state index in [-0.39, 0.29) is 0 Å². The zero-order chi connectivity index (χ0) is 49.7. The van der Waals surface area contributed by atoms with Crippen LogP contribution in [0.3, 0.4) is 0 Å². The standard InChI is InChI=1S/C74H54/c1-47-20-34-59(35-21-47)73(67-16-8-7-13-65(67)72-64(15-10-17-68(72)73)58-30-29-54-43-50(4)19-26-55(54)45-58)62-40-31-52(32-41-62)63-14-9-18-69-71(63)66-42-33-57(56-28-27-51-11-5-6-12-53(51)44-56)46-70(66)74(69,60-36-22-48(2)23-37-60)61-38-24-49(3)25-39-61/h5-46H,1-4H3. The third-order valence-electron chi connectivity index (χ3n) is 16.7. The minimum Gasteiger partial charge on any atom is -0.0619 e. The van der Waals surface area contributed by atoms with Gasteiger partial charge in [-0.3, -0.25) is 0 Å². The van der Waals surface area contributed by atoms with Crippen LogP contribution in [-0.2, 0) is 10.8 Å². The second kappa shape index (κ2) is 16.9. The third kappa shape index (κ3) is 6.54. The summed E-state index contributed by atoms with van der Waals surface area (Å²) in [5, 5.41) is 5.02. The number of rotatable bonds is 7. The Hall–Kier alpha value is -8.84. The number of benzene rings is 12. The number of aryl methyl sites for hydroxylation is 4. The maximum Gasteiger partial charge on any atom is 0.0714 e. The topological polar surface area (TPSA) is 0 Å². The van der Waals surface area contributed by atoms with Gasteiger partial charge in [0.05, 0.1) is 10.8 Å². The minimum atomic E-state index is -0.566. The molecule has 0 aromatic heterocycles. The summed E-state index contributed by atoms with van der Waals surface area (Å²) in [6, 6.07) is 97.3. The summed E-state index contributed by atoms with van der Waals surface area (Å²) in [5.74, 6) is 0. The minimum absolute atomic E-state index is 0.557. The molecule has 2 aliphatic carbocycles. The van der Waals surface area contributed by atoms with Gasteiger partial charge in [-0.05, 0) is 168 Å². The maximum absolute atomic E-state index is 2.50. The van der Waals surface area contributed by atoms with Gasteiger partial charge in [0.2, 0.25) is 0 Å². The highest BCUT2D eigenvalue weighted by molar-refractivity contribution is 6.00. The van der Waals surface area contributed by atoms with E-state index >= 15 is 0 Å². The predicted molar refractivity (Wildman–Crippen MR) is 311 cm³/mol. The molecular formula is C74H54. The maximum atomic E-state index is 2.50. The van der Waals surface area contributed by atoms with E-state index in [1.807, 2.05) is 0 Å². The van der Waals surface area contributed by atoms with Gasteiger partial charge in [0.15, 0.2) is 0 Å². The van der Waals surface area contributed by atoms with Gasteiger partial charge in [-0.15, -0.1) is 0 Å². The lowest BCUT2D eigenvalue weighted by atomic mass is 9.67. The molecule has 0 fully saturated rings. The van der Waals surface area contributed by atoms with Gasteiger partial charge in [0.25, 0.3) is 0 Å². The van der Waals surface area contributed by atoms with Crippen LogP contribution >= 0.6 is 0 Å². The normalized spacial score (nSPS) is 14.9. The Kier molecular flexibility index (Phi) is 10.0. The Morgan fingerprint density at radius 2 is 0.595 bits per heavy atom. The van der Waals surface area contributed by atoms with Crippen molar-refractivity contribution in [3.63, 3.8) is 0 Å². The number of fused-ring (bicyclic) bond motifs is 8. The smallest absolute Gasteiger partial charge is 0.0619 e. The zero-order valence-corrected chi connectivity index (χ0v) is 42.2. The van der Waals surface area contributed by atoms with Crippen molar-refractivity contribution < 1.29 is 0 Å². The quantitative estimate of drug-likeness (QED) is 0.149.